The summed E-state index contributed by atoms with van der Waals surface area (Å²) >= 11 is 0. The maximum Gasteiger partial charge on any atom is 0.187 e. The van der Waals surface area contributed by atoms with Gasteiger partial charge in [-0.1, -0.05) is 13.8 Å². The molecular formula is C27H44O8. The third kappa shape index (κ3) is 3.70. The first-order chi connectivity index (χ1) is 15.8. The Bertz CT molecular complexity index is 907. The fourth-order valence-corrected chi connectivity index (χ4v) is 8.31. The minimum atomic E-state index is -1.82. The molecule has 0 saturated heterocycles. The van der Waals surface area contributed by atoms with Gasteiger partial charge in [-0.15, -0.1) is 0 Å². The van der Waals surface area contributed by atoms with Crippen molar-refractivity contribution in [1.82, 2.24) is 0 Å². The molecule has 4 rings (SSSR count). The Balaban J connectivity index is 1.70. The van der Waals surface area contributed by atoms with Crippen LogP contribution in [-0.2, 0) is 4.79 Å². The van der Waals surface area contributed by atoms with Crippen LogP contribution in [0.5, 0.6) is 0 Å². The van der Waals surface area contributed by atoms with Crippen molar-refractivity contribution in [2.24, 2.45) is 22.7 Å². The Hall–Kier alpha value is -0.870. The lowest BCUT2D eigenvalue weighted by Gasteiger charge is -2.62. The van der Waals surface area contributed by atoms with Crippen LogP contribution >= 0.6 is 0 Å². The summed E-state index contributed by atoms with van der Waals surface area (Å²) in [6.45, 7) is 8.58. The van der Waals surface area contributed by atoms with Gasteiger partial charge in [0.2, 0.25) is 0 Å². The van der Waals surface area contributed by atoms with Crippen molar-refractivity contribution in [3.63, 3.8) is 0 Å². The monoisotopic (exact) mass is 496 g/mol. The number of rotatable bonds is 5. The molecular weight excluding hydrogens is 452 g/mol. The van der Waals surface area contributed by atoms with Crippen molar-refractivity contribution in [3.05, 3.63) is 11.6 Å². The number of fused-ring (bicyclic) bond motifs is 5. The molecule has 0 unspecified atom stereocenters. The third-order valence-electron chi connectivity index (χ3n) is 10.7. The van der Waals surface area contributed by atoms with Crippen LogP contribution in [0.25, 0.3) is 0 Å². The SMILES string of the molecule is CC(C)(O)CC[C@@H](O)[C@@](C)(O)[C@H]1CC[C@@]2(O)C3=CC(=O)[C@]4(O)C[C@@H](O)[C@@H](O)C[C@]4(C)[C@H]3CC[C@]12C. The van der Waals surface area contributed by atoms with Crippen LogP contribution in [0.4, 0.5) is 0 Å². The molecule has 8 nitrogen and oxygen atoms in total. The van der Waals surface area contributed by atoms with Gasteiger partial charge in [-0.05, 0) is 89.2 Å². The summed E-state index contributed by atoms with van der Waals surface area (Å²) in [5.41, 5.74) is -7.07. The zero-order chi connectivity index (χ0) is 26.4. The van der Waals surface area contributed by atoms with E-state index in [-0.39, 0.29) is 25.2 Å². The van der Waals surface area contributed by atoms with Gasteiger partial charge in [0.05, 0.1) is 35.1 Å². The average molecular weight is 497 g/mol. The zero-order valence-corrected chi connectivity index (χ0v) is 21.7. The molecule has 0 heterocycles. The molecule has 8 heteroatoms. The minimum absolute atomic E-state index is 0.0437. The highest BCUT2D eigenvalue weighted by Crippen LogP contribution is 2.69. The molecule has 7 N–H and O–H groups in total. The lowest BCUT2D eigenvalue weighted by molar-refractivity contribution is -0.211. The predicted molar refractivity (Wildman–Crippen MR) is 128 cm³/mol. The number of hydrogen-bond donors (Lipinski definition) is 7. The van der Waals surface area contributed by atoms with E-state index in [1.807, 2.05) is 6.92 Å². The lowest BCUT2D eigenvalue weighted by atomic mass is 9.44. The van der Waals surface area contributed by atoms with Crippen LogP contribution in [0, 0.1) is 22.7 Å². The molecule has 0 aliphatic heterocycles. The molecule has 10 atom stereocenters. The van der Waals surface area contributed by atoms with Crippen LogP contribution in [0.15, 0.2) is 11.6 Å². The number of carbonyl (C=O) groups excluding carboxylic acids is 1. The van der Waals surface area contributed by atoms with Crippen LogP contribution in [0.2, 0.25) is 0 Å². The summed E-state index contributed by atoms with van der Waals surface area (Å²) in [7, 11) is 0. The molecule has 3 fully saturated rings. The molecule has 35 heavy (non-hydrogen) atoms. The van der Waals surface area contributed by atoms with E-state index in [0.717, 1.165) is 0 Å². The van der Waals surface area contributed by atoms with Crippen molar-refractivity contribution in [1.29, 1.82) is 0 Å². The Kier molecular flexibility index (Phi) is 6.26. The zero-order valence-electron chi connectivity index (χ0n) is 21.7. The molecule has 0 bridgehead atoms. The van der Waals surface area contributed by atoms with Crippen LogP contribution < -0.4 is 0 Å². The first kappa shape index (κ1) is 27.2. The second kappa shape index (κ2) is 8.06. The summed E-state index contributed by atoms with van der Waals surface area (Å²) in [5, 5.41) is 77.0. The molecule has 0 amide bonds. The quantitative estimate of drug-likeness (QED) is 0.297. The van der Waals surface area contributed by atoms with E-state index in [1.54, 1.807) is 27.7 Å². The van der Waals surface area contributed by atoms with Crippen molar-refractivity contribution in [2.75, 3.05) is 0 Å². The molecule has 0 spiro atoms. The van der Waals surface area contributed by atoms with E-state index in [1.165, 1.54) is 6.08 Å². The van der Waals surface area contributed by atoms with E-state index in [2.05, 4.69) is 0 Å². The molecule has 0 aromatic carbocycles. The largest absolute Gasteiger partial charge is 0.390 e. The van der Waals surface area contributed by atoms with Gasteiger partial charge in [0.25, 0.3) is 0 Å². The van der Waals surface area contributed by atoms with Crippen LogP contribution in [0.1, 0.15) is 86.0 Å². The smallest absolute Gasteiger partial charge is 0.187 e. The first-order valence-electron chi connectivity index (χ1n) is 13.0. The molecule has 4 aliphatic carbocycles. The summed E-state index contributed by atoms with van der Waals surface area (Å²) in [6.07, 6.45) is 0.0884. The molecule has 3 saturated carbocycles. The van der Waals surface area contributed by atoms with Crippen molar-refractivity contribution >= 4 is 5.78 Å². The third-order valence-corrected chi connectivity index (χ3v) is 10.7. The average Bonchev–Trinajstić information content (AvgIpc) is 3.01. The van der Waals surface area contributed by atoms with Gasteiger partial charge in [-0.3, -0.25) is 4.79 Å². The van der Waals surface area contributed by atoms with Crippen molar-refractivity contribution in [3.8, 4) is 0 Å². The fraction of sp³-hybridized carbons (Fsp3) is 0.889. The highest BCUT2D eigenvalue weighted by Gasteiger charge is 2.71. The van der Waals surface area contributed by atoms with E-state index < -0.39 is 63.2 Å². The van der Waals surface area contributed by atoms with E-state index in [0.29, 0.717) is 37.7 Å². The highest BCUT2D eigenvalue weighted by molar-refractivity contribution is 6.00. The number of ketones is 1. The highest BCUT2D eigenvalue weighted by atomic mass is 16.3. The van der Waals surface area contributed by atoms with E-state index >= 15 is 0 Å². The van der Waals surface area contributed by atoms with Crippen molar-refractivity contribution < 1.29 is 40.5 Å². The van der Waals surface area contributed by atoms with Gasteiger partial charge in [-0.25, -0.2) is 0 Å². The first-order valence-corrected chi connectivity index (χ1v) is 13.0. The molecule has 0 radical (unpaired) electrons. The number of aliphatic hydroxyl groups excluding tert-OH is 3. The second-order valence-electron chi connectivity index (χ2n) is 13.3. The number of hydrogen-bond acceptors (Lipinski definition) is 8. The Labute approximate surface area is 207 Å². The molecule has 4 aliphatic rings. The summed E-state index contributed by atoms with van der Waals surface area (Å²) < 4.78 is 0. The topological polar surface area (TPSA) is 159 Å². The summed E-state index contributed by atoms with van der Waals surface area (Å²) in [5.74, 6) is -1.38. The van der Waals surface area contributed by atoms with Crippen LogP contribution in [-0.4, -0.2) is 82.2 Å². The van der Waals surface area contributed by atoms with Crippen molar-refractivity contribution in [2.45, 2.75) is 127 Å². The van der Waals surface area contributed by atoms with Gasteiger partial charge < -0.3 is 35.7 Å². The van der Waals surface area contributed by atoms with E-state index in [4.69, 9.17) is 0 Å². The minimum Gasteiger partial charge on any atom is -0.390 e. The summed E-state index contributed by atoms with van der Waals surface area (Å²) in [4.78, 5) is 13.3. The number of carbonyl (C=O) groups is 1. The van der Waals surface area contributed by atoms with Gasteiger partial charge in [0.1, 0.15) is 5.60 Å². The normalized spacial score (nSPS) is 48.3. The van der Waals surface area contributed by atoms with Crippen LogP contribution in [0.3, 0.4) is 0 Å². The van der Waals surface area contributed by atoms with Gasteiger partial charge in [0.15, 0.2) is 5.78 Å². The molecule has 200 valence electrons. The molecule has 0 aromatic rings. The van der Waals surface area contributed by atoms with Gasteiger partial charge in [-0.2, -0.15) is 0 Å². The lowest BCUT2D eigenvalue weighted by Crippen LogP contribution is -2.69. The molecule has 0 aromatic heterocycles. The fourth-order valence-electron chi connectivity index (χ4n) is 8.31. The standard InChI is InChI=1S/C27H44O8/c1-22(2,32)9-8-20(30)25(5,33)19-7-11-26(34)16-12-21(31)27(35)14-18(29)17(28)13-24(27,4)15(16)6-10-23(19,26)3/h12,15,17-20,28-30,32-35H,6-11,13-14H2,1-5H3/t15-,17-,18+,19-,20+,23+,24+,25-,26+,27+/m0/s1. The predicted octanol–water partition coefficient (Wildman–Crippen LogP) is 0.969. The summed E-state index contributed by atoms with van der Waals surface area (Å²) in [6, 6.07) is 0. The van der Waals surface area contributed by atoms with Gasteiger partial charge in [0, 0.05) is 17.3 Å². The Morgan fingerprint density at radius 1 is 0.971 bits per heavy atom. The van der Waals surface area contributed by atoms with Gasteiger partial charge >= 0.3 is 0 Å². The van der Waals surface area contributed by atoms with E-state index in [9.17, 15) is 40.5 Å². The Morgan fingerprint density at radius 3 is 2.17 bits per heavy atom. The number of aliphatic hydroxyl groups is 7. The second-order valence-corrected chi connectivity index (χ2v) is 13.3. The Morgan fingerprint density at radius 2 is 1.57 bits per heavy atom. The maximum atomic E-state index is 13.3. The maximum absolute atomic E-state index is 13.3.